The zero-order chi connectivity index (χ0) is 27.1. The Kier molecular flexibility index (Phi) is 9.29. The minimum absolute atomic E-state index is 0.0334. The number of ether oxygens (including phenoxy) is 1. The van der Waals surface area contributed by atoms with Gasteiger partial charge in [-0.3, -0.25) is 14.4 Å². The maximum absolute atomic E-state index is 13.4. The summed E-state index contributed by atoms with van der Waals surface area (Å²) < 4.78 is 6.02. The lowest BCUT2D eigenvalue weighted by atomic mass is 10.0. The minimum atomic E-state index is -0.287. The van der Waals surface area contributed by atoms with Crippen molar-refractivity contribution in [2.45, 2.75) is 45.6 Å². The number of hydrogen-bond donors (Lipinski definition) is 3. The fraction of sp³-hybridized carbons (Fsp3) is 0.414. The molecule has 0 unspecified atom stereocenters. The summed E-state index contributed by atoms with van der Waals surface area (Å²) in [5.74, 6) is 0.108. The first kappa shape index (κ1) is 27.5. The summed E-state index contributed by atoms with van der Waals surface area (Å²) in [5, 5.41) is 7.42. The van der Waals surface area contributed by atoms with Crippen molar-refractivity contribution in [2.75, 3.05) is 26.2 Å². The summed E-state index contributed by atoms with van der Waals surface area (Å²) in [4.78, 5) is 44.2. The molecule has 1 aliphatic rings. The normalized spacial score (nSPS) is 17.7. The van der Waals surface area contributed by atoms with E-state index in [0.717, 1.165) is 16.5 Å². The first-order valence-corrected chi connectivity index (χ1v) is 13.5. The number of aromatic amines is 1. The fourth-order valence-corrected chi connectivity index (χ4v) is 4.92. The Morgan fingerprint density at radius 2 is 1.97 bits per heavy atom. The van der Waals surface area contributed by atoms with Crippen LogP contribution < -0.4 is 15.4 Å². The molecule has 2 aromatic carbocycles. The number of nitrogens with zero attached hydrogens (tertiary/aromatic N) is 1. The van der Waals surface area contributed by atoms with Gasteiger partial charge in [0.15, 0.2) is 0 Å². The van der Waals surface area contributed by atoms with Gasteiger partial charge in [-0.1, -0.05) is 43.6 Å². The highest BCUT2D eigenvalue weighted by atomic mass is 35.5. The summed E-state index contributed by atoms with van der Waals surface area (Å²) in [6.07, 6.45) is 4.02. The third-order valence-electron chi connectivity index (χ3n) is 6.59. The molecule has 38 heavy (non-hydrogen) atoms. The molecule has 0 saturated carbocycles. The molecule has 1 aromatic heterocycles. The van der Waals surface area contributed by atoms with Gasteiger partial charge in [0, 0.05) is 35.2 Å². The highest BCUT2D eigenvalue weighted by molar-refractivity contribution is 6.31. The lowest BCUT2D eigenvalue weighted by Gasteiger charge is -2.25. The van der Waals surface area contributed by atoms with Crippen LogP contribution in [0.3, 0.4) is 0 Å². The maximum atomic E-state index is 13.4. The number of H-pyrrole nitrogens is 1. The SMILES string of the molecule is CC(C)C[C@@H]1COc2ccc(Cl)cc2C(=O)NCCCCN(C(=O)Cc2c[nH]c3ccccc23)CC(=O)N1. The van der Waals surface area contributed by atoms with Crippen molar-refractivity contribution in [1.29, 1.82) is 0 Å². The van der Waals surface area contributed by atoms with E-state index in [1.165, 1.54) is 0 Å². The van der Waals surface area contributed by atoms with Gasteiger partial charge in [-0.05, 0) is 55.0 Å². The van der Waals surface area contributed by atoms with Gasteiger partial charge in [-0.2, -0.15) is 0 Å². The number of halogens is 1. The van der Waals surface area contributed by atoms with Crippen LogP contribution in [-0.2, 0) is 16.0 Å². The van der Waals surface area contributed by atoms with Crippen molar-refractivity contribution < 1.29 is 19.1 Å². The molecule has 0 radical (unpaired) electrons. The number of carbonyl (C=O) groups excluding carboxylic acids is 3. The smallest absolute Gasteiger partial charge is 0.255 e. The molecule has 2 heterocycles. The molecule has 3 aromatic rings. The third-order valence-corrected chi connectivity index (χ3v) is 6.83. The second-order valence-electron chi connectivity index (χ2n) is 10.2. The third kappa shape index (κ3) is 7.28. The Balaban J connectivity index is 1.52. The summed E-state index contributed by atoms with van der Waals surface area (Å²) >= 11 is 6.15. The number of fused-ring (bicyclic) bond motifs is 2. The molecule has 1 atom stereocenters. The monoisotopic (exact) mass is 538 g/mol. The van der Waals surface area contributed by atoms with Crippen LogP contribution in [0.1, 0.15) is 49.0 Å². The predicted octanol–water partition coefficient (Wildman–Crippen LogP) is 4.33. The van der Waals surface area contributed by atoms with Gasteiger partial charge < -0.3 is 25.3 Å². The summed E-state index contributed by atoms with van der Waals surface area (Å²) in [5.41, 5.74) is 2.23. The summed E-state index contributed by atoms with van der Waals surface area (Å²) in [6, 6.07) is 12.5. The second-order valence-corrected chi connectivity index (χ2v) is 10.6. The quantitative estimate of drug-likeness (QED) is 0.460. The molecular formula is C29H35ClN4O4. The topological polar surface area (TPSA) is 104 Å². The highest BCUT2D eigenvalue weighted by Crippen LogP contribution is 2.24. The zero-order valence-corrected chi connectivity index (χ0v) is 22.6. The van der Waals surface area contributed by atoms with E-state index in [9.17, 15) is 14.4 Å². The number of nitrogens with one attached hydrogen (secondary N) is 3. The molecule has 9 heteroatoms. The molecule has 1 aliphatic heterocycles. The number of rotatable bonds is 4. The molecular weight excluding hydrogens is 504 g/mol. The van der Waals surface area contributed by atoms with Crippen molar-refractivity contribution >= 4 is 40.2 Å². The van der Waals surface area contributed by atoms with E-state index in [2.05, 4.69) is 29.5 Å². The van der Waals surface area contributed by atoms with Gasteiger partial charge in [0.05, 0.1) is 24.6 Å². The van der Waals surface area contributed by atoms with E-state index in [1.807, 2.05) is 30.5 Å². The van der Waals surface area contributed by atoms with E-state index < -0.39 is 0 Å². The Hall–Kier alpha value is -3.52. The number of carbonyl (C=O) groups is 3. The Bertz CT molecular complexity index is 1290. The second kappa shape index (κ2) is 12.8. The van der Waals surface area contributed by atoms with Crippen molar-refractivity contribution in [1.82, 2.24) is 20.5 Å². The van der Waals surface area contributed by atoms with E-state index in [1.54, 1.807) is 23.1 Å². The van der Waals surface area contributed by atoms with E-state index in [4.69, 9.17) is 16.3 Å². The predicted molar refractivity (Wildman–Crippen MR) is 148 cm³/mol. The molecule has 4 rings (SSSR count). The first-order chi connectivity index (χ1) is 18.3. The van der Waals surface area contributed by atoms with E-state index >= 15 is 0 Å². The zero-order valence-electron chi connectivity index (χ0n) is 21.9. The maximum Gasteiger partial charge on any atom is 0.255 e. The molecule has 0 spiro atoms. The van der Waals surface area contributed by atoms with Crippen LogP contribution >= 0.6 is 11.6 Å². The number of aromatic nitrogens is 1. The standard InChI is InChI=1S/C29H35ClN4O4/c1-19(2)13-22-18-38-26-10-9-21(30)15-24(26)29(37)31-11-5-6-12-34(17-27(35)33-22)28(36)14-20-16-32-25-8-4-3-7-23(20)25/h3-4,7-10,15-16,19,22,32H,5-6,11-14,17-18H2,1-2H3,(H,31,37)(H,33,35)/t22-/m1/s1. The molecule has 202 valence electrons. The van der Waals surface area contributed by atoms with Crippen molar-refractivity contribution in [2.24, 2.45) is 5.92 Å². The minimum Gasteiger partial charge on any atom is -0.491 e. The largest absolute Gasteiger partial charge is 0.491 e. The molecule has 3 N–H and O–H groups in total. The van der Waals surface area contributed by atoms with Gasteiger partial charge in [-0.25, -0.2) is 0 Å². The van der Waals surface area contributed by atoms with Gasteiger partial charge in [0.1, 0.15) is 12.4 Å². The molecule has 3 amide bonds. The molecule has 0 aliphatic carbocycles. The van der Waals surface area contributed by atoms with Crippen LogP contribution in [0.4, 0.5) is 0 Å². The van der Waals surface area contributed by atoms with Crippen molar-refractivity contribution in [3.05, 3.63) is 64.8 Å². The van der Waals surface area contributed by atoms with Crippen molar-refractivity contribution in [3.63, 3.8) is 0 Å². The first-order valence-electron chi connectivity index (χ1n) is 13.1. The molecule has 0 saturated heterocycles. The van der Waals surface area contributed by atoms with Crippen LogP contribution in [0.15, 0.2) is 48.7 Å². The molecule has 0 fully saturated rings. The fourth-order valence-electron chi connectivity index (χ4n) is 4.75. The molecule has 8 nitrogen and oxygen atoms in total. The van der Waals surface area contributed by atoms with Gasteiger partial charge in [-0.15, -0.1) is 0 Å². The Labute approximate surface area is 228 Å². The highest BCUT2D eigenvalue weighted by Gasteiger charge is 2.23. The van der Waals surface area contributed by atoms with Crippen LogP contribution in [0, 0.1) is 5.92 Å². The number of hydrogen-bond acceptors (Lipinski definition) is 4. The van der Waals surface area contributed by atoms with Crippen LogP contribution in [0.5, 0.6) is 5.75 Å². The Morgan fingerprint density at radius 3 is 2.79 bits per heavy atom. The lowest BCUT2D eigenvalue weighted by Crippen LogP contribution is -2.47. The van der Waals surface area contributed by atoms with Gasteiger partial charge in [0.25, 0.3) is 5.91 Å². The number of para-hydroxylation sites is 1. The van der Waals surface area contributed by atoms with Gasteiger partial charge in [0.2, 0.25) is 11.8 Å². The summed E-state index contributed by atoms with van der Waals surface area (Å²) in [7, 11) is 0. The van der Waals surface area contributed by atoms with Crippen LogP contribution in [0.25, 0.3) is 10.9 Å². The van der Waals surface area contributed by atoms with Crippen molar-refractivity contribution in [3.8, 4) is 5.75 Å². The average Bonchev–Trinajstić information content (AvgIpc) is 3.28. The summed E-state index contributed by atoms with van der Waals surface area (Å²) in [6.45, 7) is 5.14. The van der Waals surface area contributed by atoms with Gasteiger partial charge >= 0.3 is 0 Å². The van der Waals surface area contributed by atoms with E-state index in [0.29, 0.717) is 54.6 Å². The lowest BCUT2D eigenvalue weighted by molar-refractivity contribution is -0.136. The average molecular weight is 539 g/mol. The van der Waals surface area contributed by atoms with Crippen LogP contribution in [-0.4, -0.2) is 59.9 Å². The number of benzene rings is 2. The Morgan fingerprint density at radius 1 is 1.16 bits per heavy atom. The number of amides is 3. The van der Waals surface area contributed by atoms with Crippen LogP contribution in [0.2, 0.25) is 5.02 Å². The molecule has 0 bridgehead atoms. The van der Waals surface area contributed by atoms with E-state index in [-0.39, 0.29) is 43.3 Å².